The molecule has 0 atom stereocenters. The summed E-state index contributed by atoms with van der Waals surface area (Å²) >= 11 is 2.50. The van der Waals surface area contributed by atoms with E-state index in [0.717, 1.165) is 39.0 Å². The SMILES string of the molecule is O=C(CSc1nc2ccccc2[nH]1)Nc1cccc2nsnc12. The van der Waals surface area contributed by atoms with Crippen LogP contribution in [-0.4, -0.2) is 30.4 Å². The fraction of sp³-hybridized carbons (Fsp3) is 0.0667. The molecular weight excluding hydrogens is 330 g/mol. The zero-order valence-corrected chi connectivity index (χ0v) is 13.4. The Hall–Kier alpha value is -2.45. The second kappa shape index (κ2) is 5.98. The summed E-state index contributed by atoms with van der Waals surface area (Å²) < 4.78 is 8.37. The van der Waals surface area contributed by atoms with Crippen LogP contribution in [0.1, 0.15) is 0 Å². The number of carbonyl (C=O) groups is 1. The molecule has 2 N–H and O–H groups in total. The highest BCUT2D eigenvalue weighted by atomic mass is 32.2. The van der Waals surface area contributed by atoms with Gasteiger partial charge in [0.2, 0.25) is 5.91 Å². The van der Waals surface area contributed by atoms with Crippen molar-refractivity contribution >= 4 is 57.2 Å². The molecule has 0 saturated carbocycles. The second-order valence-corrected chi connectivity index (χ2v) is 6.33. The average Bonchev–Trinajstić information content (AvgIpc) is 3.19. The van der Waals surface area contributed by atoms with Crippen molar-refractivity contribution in [3.05, 3.63) is 42.5 Å². The normalized spacial score (nSPS) is 11.1. The molecular formula is C15H11N5OS2. The van der Waals surface area contributed by atoms with Gasteiger partial charge in [-0.1, -0.05) is 30.0 Å². The number of benzene rings is 2. The Morgan fingerprint density at radius 1 is 1.13 bits per heavy atom. The van der Waals surface area contributed by atoms with E-state index >= 15 is 0 Å². The van der Waals surface area contributed by atoms with E-state index in [1.807, 2.05) is 42.5 Å². The first-order valence-electron chi connectivity index (χ1n) is 6.88. The van der Waals surface area contributed by atoms with Gasteiger partial charge in [-0.15, -0.1) is 0 Å². The summed E-state index contributed by atoms with van der Waals surface area (Å²) in [5.41, 5.74) is 4.06. The number of carbonyl (C=O) groups excluding carboxylic acids is 1. The van der Waals surface area contributed by atoms with Crippen LogP contribution in [0.3, 0.4) is 0 Å². The number of rotatable bonds is 4. The van der Waals surface area contributed by atoms with Crippen molar-refractivity contribution < 1.29 is 4.79 Å². The largest absolute Gasteiger partial charge is 0.333 e. The predicted octanol–water partition coefficient (Wildman–Crippen LogP) is 3.30. The minimum Gasteiger partial charge on any atom is -0.333 e. The van der Waals surface area contributed by atoms with Gasteiger partial charge in [0.15, 0.2) is 5.16 Å². The molecule has 2 heterocycles. The topological polar surface area (TPSA) is 83.6 Å². The van der Waals surface area contributed by atoms with Crippen LogP contribution in [0.15, 0.2) is 47.6 Å². The highest BCUT2D eigenvalue weighted by Crippen LogP contribution is 2.22. The lowest BCUT2D eigenvalue weighted by Crippen LogP contribution is -2.14. The Balaban J connectivity index is 1.45. The van der Waals surface area contributed by atoms with Crippen molar-refractivity contribution in [3.63, 3.8) is 0 Å². The van der Waals surface area contributed by atoms with E-state index in [1.54, 1.807) is 0 Å². The molecule has 4 aromatic rings. The molecule has 0 saturated heterocycles. The van der Waals surface area contributed by atoms with Crippen LogP contribution >= 0.6 is 23.5 Å². The summed E-state index contributed by atoms with van der Waals surface area (Å²) in [4.78, 5) is 19.8. The number of nitrogens with one attached hydrogen (secondary N) is 2. The number of aromatic nitrogens is 4. The number of imidazole rings is 1. The van der Waals surface area contributed by atoms with Gasteiger partial charge in [-0.3, -0.25) is 4.79 Å². The van der Waals surface area contributed by atoms with Gasteiger partial charge in [0.1, 0.15) is 11.0 Å². The summed E-state index contributed by atoms with van der Waals surface area (Å²) in [5.74, 6) is 0.171. The molecule has 6 nitrogen and oxygen atoms in total. The van der Waals surface area contributed by atoms with Gasteiger partial charge in [-0.05, 0) is 24.3 Å². The molecule has 0 spiro atoms. The van der Waals surface area contributed by atoms with E-state index in [9.17, 15) is 4.79 Å². The number of fused-ring (bicyclic) bond motifs is 2. The summed E-state index contributed by atoms with van der Waals surface area (Å²) in [6, 6.07) is 13.3. The molecule has 0 fully saturated rings. The van der Waals surface area contributed by atoms with Gasteiger partial charge in [0, 0.05) is 0 Å². The molecule has 0 aliphatic carbocycles. The zero-order chi connectivity index (χ0) is 15.6. The van der Waals surface area contributed by atoms with Crippen LogP contribution in [0, 0.1) is 0 Å². The maximum absolute atomic E-state index is 12.1. The Labute approximate surface area is 139 Å². The number of para-hydroxylation sites is 2. The standard InChI is InChI=1S/C15H11N5OS2/c21-13(16-11-6-3-7-12-14(11)20-23-19-12)8-22-15-17-9-4-1-2-5-10(9)18-15/h1-7H,8H2,(H,16,21)(H,17,18). The maximum atomic E-state index is 12.1. The molecule has 23 heavy (non-hydrogen) atoms. The monoisotopic (exact) mass is 341 g/mol. The average molecular weight is 341 g/mol. The number of anilines is 1. The first-order valence-corrected chi connectivity index (χ1v) is 8.60. The molecule has 0 aliphatic rings. The number of amides is 1. The third-order valence-electron chi connectivity index (χ3n) is 3.27. The predicted molar refractivity (Wildman–Crippen MR) is 92.9 cm³/mol. The van der Waals surface area contributed by atoms with Crippen molar-refractivity contribution in [2.75, 3.05) is 11.1 Å². The Morgan fingerprint density at radius 3 is 2.91 bits per heavy atom. The third-order valence-corrected chi connectivity index (χ3v) is 4.68. The van der Waals surface area contributed by atoms with E-state index in [-0.39, 0.29) is 11.7 Å². The van der Waals surface area contributed by atoms with Gasteiger partial charge >= 0.3 is 0 Å². The summed E-state index contributed by atoms with van der Waals surface area (Å²) in [5, 5.41) is 3.61. The molecule has 0 unspecified atom stereocenters. The number of H-pyrrole nitrogens is 1. The van der Waals surface area contributed by atoms with Crippen molar-refractivity contribution in [1.82, 2.24) is 18.7 Å². The summed E-state index contributed by atoms with van der Waals surface area (Å²) in [7, 11) is 0. The van der Waals surface area contributed by atoms with Crippen LogP contribution in [0.5, 0.6) is 0 Å². The molecule has 0 aliphatic heterocycles. The molecule has 0 bridgehead atoms. The van der Waals surface area contributed by atoms with E-state index < -0.39 is 0 Å². The number of nitrogens with zero attached hydrogens (tertiary/aromatic N) is 3. The Bertz CT molecular complexity index is 961. The second-order valence-electron chi connectivity index (χ2n) is 4.83. The van der Waals surface area contributed by atoms with Crippen molar-refractivity contribution in [2.24, 2.45) is 0 Å². The molecule has 0 radical (unpaired) electrons. The lowest BCUT2D eigenvalue weighted by atomic mass is 10.2. The van der Waals surface area contributed by atoms with E-state index in [0.29, 0.717) is 5.69 Å². The van der Waals surface area contributed by atoms with Gasteiger partial charge in [0.05, 0.1) is 34.2 Å². The van der Waals surface area contributed by atoms with Crippen LogP contribution in [0.2, 0.25) is 0 Å². The summed E-state index contributed by atoms with van der Waals surface area (Å²) in [6.07, 6.45) is 0. The number of aromatic amines is 1. The van der Waals surface area contributed by atoms with Gasteiger partial charge < -0.3 is 10.3 Å². The van der Waals surface area contributed by atoms with Gasteiger partial charge in [-0.25, -0.2) is 4.98 Å². The third kappa shape index (κ3) is 2.90. The van der Waals surface area contributed by atoms with Crippen LogP contribution in [0.4, 0.5) is 5.69 Å². The first-order chi connectivity index (χ1) is 11.3. The molecule has 4 rings (SSSR count). The molecule has 2 aromatic carbocycles. The minimum atomic E-state index is -0.101. The maximum Gasteiger partial charge on any atom is 0.234 e. The molecule has 2 aromatic heterocycles. The molecule has 1 amide bonds. The highest BCUT2D eigenvalue weighted by molar-refractivity contribution is 7.99. The highest BCUT2D eigenvalue weighted by Gasteiger charge is 2.10. The Kier molecular flexibility index (Phi) is 3.68. The quantitative estimate of drug-likeness (QED) is 0.557. The van der Waals surface area contributed by atoms with Crippen LogP contribution in [-0.2, 0) is 4.79 Å². The van der Waals surface area contributed by atoms with Crippen LogP contribution in [0.25, 0.3) is 22.1 Å². The van der Waals surface area contributed by atoms with Crippen molar-refractivity contribution in [3.8, 4) is 0 Å². The number of hydrogen-bond donors (Lipinski definition) is 2. The first kappa shape index (κ1) is 14.2. The lowest BCUT2D eigenvalue weighted by molar-refractivity contribution is -0.113. The lowest BCUT2D eigenvalue weighted by Gasteiger charge is -2.04. The van der Waals surface area contributed by atoms with E-state index in [4.69, 9.17) is 0 Å². The number of hydrogen-bond acceptors (Lipinski definition) is 6. The molecule has 114 valence electrons. The van der Waals surface area contributed by atoms with Crippen molar-refractivity contribution in [2.45, 2.75) is 5.16 Å². The van der Waals surface area contributed by atoms with E-state index in [1.165, 1.54) is 11.8 Å². The van der Waals surface area contributed by atoms with Crippen molar-refractivity contribution in [1.29, 1.82) is 0 Å². The van der Waals surface area contributed by atoms with Crippen LogP contribution < -0.4 is 5.32 Å². The molecule has 8 heteroatoms. The summed E-state index contributed by atoms with van der Waals surface area (Å²) in [6.45, 7) is 0. The minimum absolute atomic E-state index is 0.101. The fourth-order valence-corrected chi connectivity index (χ4v) is 3.46. The fourth-order valence-electron chi connectivity index (χ4n) is 2.22. The van der Waals surface area contributed by atoms with Gasteiger partial charge in [0.25, 0.3) is 0 Å². The van der Waals surface area contributed by atoms with E-state index in [2.05, 4.69) is 24.0 Å². The smallest absolute Gasteiger partial charge is 0.234 e. The Morgan fingerprint density at radius 2 is 2.00 bits per heavy atom. The number of thioether (sulfide) groups is 1. The zero-order valence-electron chi connectivity index (χ0n) is 11.8. The van der Waals surface area contributed by atoms with Gasteiger partial charge in [-0.2, -0.15) is 8.75 Å².